The molecule has 3 amide bonds. The molecular weight excluding hydrogens is 360 g/mol. The first kappa shape index (κ1) is 19.3. The van der Waals surface area contributed by atoms with E-state index in [4.69, 9.17) is 4.74 Å². The van der Waals surface area contributed by atoms with Gasteiger partial charge in [-0.25, -0.2) is 9.37 Å². The first-order valence-electron chi connectivity index (χ1n) is 8.88. The summed E-state index contributed by atoms with van der Waals surface area (Å²) in [6, 6.07) is 6.39. The highest BCUT2D eigenvalue weighted by molar-refractivity contribution is 6.22. The van der Waals surface area contributed by atoms with Gasteiger partial charge in [0.25, 0.3) is 5.91 Å². The molecule has 0 aliphatic carbocycles. The molecule has 0 radical (unpaired) electrons. The maximum atomic E-state index is 12.6. The van der Waals surface area contributed by atoms with Crippen molar-refractivity contribution in [3.63, 3.8) is 0 Å². The van der Waals surface area contributed by atoms with Crippen LogP contribution in [0.2, 0.25) is 0 Å². The number of imide groups is 1. The molecule has 3 rings (SSSR count). The fourth-order valence-corrected chi connectivity index (χ4v) is 3.00. The molecule has 0 saturated carbocycles. The van der Waals surface area contributed by atoms with Crippen molar-refractivity contribution in [3.8, 4) is 5.75 Å². The molecule has 1 saturated heterocycles. The van der Waals surface area contributed by atoms with Crippen LogP contribution in [0.3, 0.4) is 0 Å². The number of hydrogen-bond donors (Lipinski definition) is 1. The third kappa shape index (κ3) is 3.51. The van der Waals surface area contributed by atoms with E-state index in [1.54, 1.807) is 23.9 Å². The summed E-state index contributed by atoms with van der Waals surface area (Å²) in [4.78, 5) is 31.6. The molecule has 2 aliphatic heterocycles. The van der Waals surface area contributed by atoms with Gasteiger partial charge < -0.3 is 4.74 Å². The average molecular weight is 383 g/mol. The summed E-state index contributed by atoms with van der Waals surface area (Å²) in [6.07, 6.45) is 3.31. The van der Waals surface area contributed by atoms with Crippen molar-refractivity contribution >= 4 is 29.9 Å². The lowest BCUT2D eigenvalue weighted by Gasteiger charge is -2.31. The van der Waals surface area contributed by atoms with Crippen LogP contribution >= 0.6 is 0 Å². The van der Waals surface area contributed by atoms with Gasteiger partial charge >= 0.3 is 12.0 Å². The average Bonchev–Trinajstić information content (AvgIpc) is 3.05. The maximum Gasteiger partial charge on any atom is 0.414 e. The molecule has 1 N–H and O–H groups in total. The van der Waals surface area contributed by atoms with Crippen molar-refractivity contribution < 1.29 is 18.9 Å². The van der Waals surface area contributed by atoms with E-state index in [0.717, 1.165) is 16.2 Å². The molecule has 1 fully saturated rings. The Morgan fingerprint density at radius 1 is 1.29 bits per heavy atom. The number of urea groups is 1. The summed E-state index contributed by atoms with van der Waals surface area (Å²) in [5.74, 6) is 1.20. The Bertz CT molecular complexity index is 887. The molecule has 0 aromatic heterocycles. The summed E-state index contributed by atoms with van der Waals surface area (Å²) in [6.45, 7) is 6.65. The Morgan fingerprint density at radius 2 is 2.00 bits per heavy atom. The number of hydrazone groups is 1. The fraction of sp³-hybridized carbons (Fsp3) is 0.316. The van der Waals surface area contributed by atoms with Crippen LogP contribution in [0.5, 0.6) is 5.75 Å². The van der Waals surface area contributed by atoms with Crippen LogP contribution in [0.25, 0.3) is 0 Å². The minimum atomic E-state index is -0.686. The highest BCUT2D eigenvalue weighted by Gasteiger charge is 2.51. The van der Waals surface area contributed by atoms with Gasteiger partial charge in [0.2, 0.25) is 11.9 Å². The number of amidine groups is 1. The molecule has 2 aliphatic rings. The smallest absolute Gasteiger partial charge is 0.414 e. The zero-order valence-electron chi connectivity index (χ0n) is 16.1. The Kier molecular flexibility index (Phi) is 5.53. The van der Waals surface area contributed by atoms with Crippen molar-refractivity contribution in [2.45, 2.75) is 13.0 Å². The molecule has 2 heterocycles. The number of rotatable bonds is 6. The molecule has 0 bridgehead atoms. The van der Waals surface area contributed by atoms with E-state index in [1.807, 2.05) is 31.2 Å². The maximum absolute atomic E-state index is 12.6. The number of nitrogens with one attached hydrogen (secondary N) is 1. The second kappa shape index (κ2) is 8.03. The van der Waals surface area contributed by atoms with Crippen molar-refractivity contribution in [1.82, 2.24) is 15.2 Å². The van der Waals surface area contributed by atoms with Crippen LogP contribution in [0.15, 0.2) is 47.0 Å². The molecule has 0 spiro atoms. The number of amides is 3. The van der Waals surface area contributed by atoms with Crippen LogP contribution in [0, 0.1) is 0 Å². The van der Waals surface area contributed by atoms with E-state index in [0.29, 0.717) is 24.9 Å². The number of carbonyl (C=O) groups is 2. The summed E-state index contributed by atoms with van der Waals surface area (Å²) in [5.41, 5.74) is 3.74. The molecule has 28 heavy (non-hydrogen) atoms. The van der Waals surface area contributed by atoms with Gasteiger partial charge in [0, 0.05) is 14.1 Å². The predicted octanol–water partition coefficient (Wildman–Crippen LogP) is 0.868. The quantitative estimate of drug-likeness (QED) is 0.342. The van der Waals surface area contributed by atoms with Gasteiger partial charge in [-0.05, 0) is 36.8 Å². The highest BCUT2D eigenvalue weighted by Crippen LogP contribution is 2.18. The third-order valence-corrected chi connectivity index (χ3v) is 4.43. The second-order valence-corrected chi connectivity index (χ2v) is 6.25. The monoisotopic (exact) mass is 383 g/mol. The largest absolute Gasteiger partial charge is 0.494 e. The van der Waals surface area contributed by atoms with E-state index in [1.165, 1.54) is 11.9 Å². The molecule has 1 aromatic carbocycles. The van der Waals surface area contributed by atoms with Crippen molar-refractivity contribution in [3.05, 3.63) is 42.5 Å². The molecular formula is C19H23N6O3+. The van der Waals surface area contributed by atoms with Gasteiger partial charge in [0.05, 0.1) is 19.4 Å². The Labute approximate surface area is 163 Å². The highest BCUT2D eigenvalue weighted by atomic mass is 16.5. The summed E-state index contributed by atoms with van der Waals surface area (Å²) in [7, 11) is 3.05. The molecule has 1 atom stereocenters. The van der Waals surface area contributed by atoms with Crippen LogP contribution in [0.4, 0.5) is 4.79 Å². The first-order chi connectivity index (χ1) is 13.5. The number of ether oxygens (including phenoxy) is 1. The van der Waals surface area contributed by atoms with E-state index >= 15 is 0 Å². The molecule has 1 unspecified atom stereocenters. The number of likely N-dealkylation sites (N-methyl/N-ethyl adjacent to an activating group) is 2. The van der Waals surface area contributed by atoms with E-state index < -0.39 is 12.1 Å². The Morgan fingerprint density at radius 3 is 2.64 bits per heavy atom. The van der Waals surface area contributed by atoms with Crippen LogP contribution in [-0.2, 0) is 4.79 Å². The van der Waals surface area contributed by atoms with Gasteiger partial charge in [0.1, 0.15) is 5.75 Å². The van der Waals surface area contributed by atoms with Crippen molar-refractivity contribution in [2.75, 3.05) is 27.2 Å². The molecule has 9 nitrogen and oxygen atoms in total. The van der Waals surface area contributed by atoms with Gasteiger partial charge in [-0.15, -0.1) is 5.10 Å². The number of nitrogens with zero attached hydrogens (tertiary/aromatic N) is 5. The van der Waals surface area contributed by atoms with Gasteiger partial charge in [-0.1, -0.05) is 17.6 Å². The van der Waals surface area contributed by atoms with E-state index in [9.17, 15) is 9.59 Å². The third-order valence-electron chi connectivity index (χ3n) is 4.43. The topological polar surface area (TPSA) is 89.6 Å². The zero-order chi connectivity index (χ0) is 20.3. The van der Waals surface area contributed by atoms with E-state index in [2.05, 4.69) is 22.1 Å². The lowest BCUT2D eigenvalue weighted by Crippen LogP contribution is -2.61. The molecule has 1 aromatic rings. The zero-order valence-corrected chi connectivity index (χ0v) is 16.1. The van der Waals surface area contributed by atoms with Crippen molar-refractivity contribution in [2.24, 2.45) is 10.1 Å². The molecule has 146 valence electrons. The fourth-order valence-electron chi connectivity index (χ4n) is 3.00. The SMILES string of the molecule is C=CC[N+]1=C(N/N=C/c2ccc(OCC)cc2)N=C2C1C(=O)N(C)C(=O)N2C. The summed E-state index contributed by atoms with van der Waals surface area (Å²) in [5, 5.41) is 4.21. The summed E-state index contributed by atoms with van der Waals surface area (Å²) >= 11 is 0. The lowest BCUT2D eigenvalue weighted by molar-refractivity contribution is -0.527. The molecule has 9 heteroatoms. The predicted molar refractivity (Wildman–Crippen MR) is 106 cm³/mol. The van der Waals surface area contributed by atoms with Crippen molar-refractivity contribution in [1.29, 1.82) is 0 Å². The normalized spacial score (nSPS) is 19.2. The second-order valence-electron chi connectivity index (χ2n) is 6.25. The van der Waals surface area contributed by atoms with Gasteiger partial charge in [-0.2, -0.15) is 5.43 Å². The first-order valence-corrected chi connectivity index (χ1v) is 8.88. The van der Waals surface area contributed by atoms with Crippen LogP contribution in [0.1, 0.15) is 12.5 Å². The van der Waals surface area contributed by atoms with Gasteiger partial charge in [-0.3, -0.25) is 14.6 Å². The number of aliphatic imine (C=N–C) groups is 1. The number of benzene rings is 1. The number of fused-ring (bicyclic) bond motifs is 1. The standard InChI is InChI=1S/C19H22N6O3/c1-5-11-25-15-16(23(3)19(27)24(4)17(15)26)21-18(25)22-20-12-13-7-9-14(10-8-13)28-6-2/h5,7-10,12,15H,1,6,11H2,2-4H3/p+1/b20-12+. The number of carbonyl (C=O) groups excluding carboxylic acids is 2. The Balaban J connectivity index is 1.81. The van der Waals surface area contributed by atoms with Crippen LogP contribution < -0.4 is 10.2 Å². The van der Waals surface area contributed by atoms with Crippen LogP contribution in [-0.4, -0.2) is 77.6 Å². The lowest BCUT2D eigenvalue weighted by atomic mass is 10.1. The number of guanidine groups is 1. The van der Waals surface area contributed by atoms with Gasteiger partial charge in [0.15, 0.2) is 0 Å². The van der Waals surface area contributed by atoms with E-state index in [-0.39, 0.29) is 5.91 Å². The minimum absolute atomic E-state index is 0.337. The summed E-state index contributed by atoms with van der Waals surface area (Å²) < 4.78 is 7.13. The minimum Gasteiger partial charge on any atom is -0.494 e. The number of hydrogen-bond acceptors (Lipinski definition) is 6. The Hall–Kier alpha value is -3.49.